The maximum atomic E-state index is 9.59. The molecule has 0 saturated carbocycles. The number of benzene rings is 4. The van der Waals surface area contributed by atoms with Crippen molar-refractivity contribution in [2.24, 2.45) is 11.8 Å². The standard InChI is InChI=1S/C43H36N4/c1-23(2)43(24(3)4)38-19-30-28-13-11-25(27(21-44)22-45)15-34(28)41(5,6)36(30)17-32(38)33-18-37-31(20-39(33)43)29-14-12-26(40(46-9)47-10)16-35(29)42(37,7)8/h11-20,23-24H,1-8H3. The van der Waals surface area contributed by atoms with Gasteiger partial charge in [-0.3, -0.25) is 0 Å². The SMILES string of the molecule is [C-]#[N+]C([N+]#[C-])=c1ccc2c(c1)C(C)(C)c1cc3c(cc1=2)C(C(C)C)(C(C)C)c1cc2c(cc1=3)C(C)(C)c1cc(=C(C#N)C#N)ccc1=2. The molecule has 0 unspecified atom stereocenters. The smallest absolute Gasteiger partial charge is 0.192 e. The Bertz CT molecular complexity index is 2510. The molecule has 4 heteroatoms. The first-order chi connectivity index (χ1) is 22.3. The Morgan fingerprint density at radius 1 is 0.553 bits per heavy atom. The number of fused-ring (bicyclic) bond motifs is 6. The van der Waals surface area contributed by atoms with E-state index in [0.29, 0.717) is 22.3 Å². The van der Waals surface area contributed by atoms with Gasteiger partial charge in [0.2, 0.25) is 0 Å². The number of hydrogen-bond acceptors (Lipinski definition) is 2. The van der Waals surface area contributed by atoms with E-state index in [1.54, 1.807) is 0 Å². The van der Waals surface area contributed by atoms with Crippen molar-refractivity contribution in [3.8, 4) is 12.1 Å². The molecule has 0 radical (unpaired) electrons. The highest BCUT2D eigenvalue weighted by atomic mass is 14.9. The van der Waals surface area contributed by atoms with Crippen LogP contribution in [0.2, 0.25) is 0 Å². The Morgan fingerprint density at radius 2 is 0.915 bits per heavy atom. The van der Waals surface area contributed by atoms with E-state index in [0.717, 1.165) is 11.1 Å². The second kappa shape index (κ2) is 9.79. The van der Waals surface area contributed by atoms with Crippen LogP contribution in [0.15, 0.2) is 60.7 Å². The van der Waals surface area contributed by atoms with Crippen LogP contribution in [0.25, 0.3) is 21.1 Å². The normalized spacial score (nSPS) is 16.0. The topological polar surface area (TPSA) is 56.3 Å². The van der Waals surface area contributed by atoms with Gasteiger partial charge in [-0.25, -0.2) is 0 Å². The quantitative estimate of drug-likeness (QED) is 0.218. The van der Waals surface area contributed by atoms with Gasteiger partial charge >= 0.3 is 5.82 Å². The maximum absolute atomic E-state index is 9.59. The van der Waals surface area contributed by atoms with E-state index in [-0.39, 0.29) is 27.6 Å². The molecule has 0 fully saturated rings. The van der Waals surface area contributed by atoms with Crippen molar-refractivity contribution in [3.63, 3.8) is 0 Å². The molecule has 4 nitrogen and oxygen atoms in total. The third-order valence-corrected chi connectivity index (χ3v) is 11.6. The van der Waals surface area contributed by atoms with E-state index in [9.17, 15) is 10.5 Å². The molecule has 3 aliphatic rings. The highest BCUT2D eigenvalue weighted by Gasteiger charge is 2.47. The van der Waals surface area contributed by atoms with Crippen molar-refractivity contribution >= 4 is 11.4 Å². The van der Waals surface area contributed by atoms with Crippen LogP contribution in [0.3, 0.4) is 0 Å². The molecule has 4 aromatic rings. The van der Waals surface area contributed by atoms with Gasteiger partial charge in [-0.05, 0) is 107 Å². The predicted octanol–water partition coefficient (Wildman–Crippen LogP) is 7.84. The Hall–Kier alpha value is -5.42. The van der Waals surface area contributed by atoms with Crippen LogP contribution >= 0.6 is 0 Å². The lowest BCUT2D eigenvalue weighted by molar-refractivity contribution is 0.276. The molecule has 47 heavy (non-hydrogen) atoms. The van der Waals surface area contributed by atoms with E-state index in [1.165, 1.54) is 53.6 Å². The molecule has 0 N–H and O–H groups in total. The van der Waals surface area contributed by atoms with Crippen LogP contribution in [0.1, 0.15) is 88.8 Å². The summed E-state index contributed by atoms with van der Waals surface area (Å²) in [4.78, 5) is 6.99. The van der Waals surface area contributed by atoms with E-state index in [1.807, 2.05) is 18.2 Å². The molecule has 0 aliphatic heterocycles. The van der Waals surface area contributed by atoms with Gasteiger partial charge in [0.25, 0.3) is 0 Å². The largest absolute Gasteiger partial charge is 0.526 e. The van der Waals surface area contributed by atoms with E-state index < -0.39 is 0 Å². The summed E-state index contributed by atoms with van der Waals surface area (Å²) in [6.07, 6.45) is 0. The minimum absolute atomic E-state index is 0.105. The molecule has 0 atom stereocenters. The highest BCUT2D eigenvalue weighted by molar-refractivity contribution is 5.73. The summed E-state index contributed by atoms with van der Waals surface area (Å²) < 4.78 is 0. The average Bonchev–Trinajstić information content (AvgIpc) is 3.54. The van der Waals surface area contributed by atoms with Gasteiger partial charge in [-0.15, -0.1) is 0 Å². The van der Waals surface area contributed by atoms with E-state index in [2.05, 4.69) is 120 Å². The zero-order valence-corrected chi connectivity index (χ0v) is 28.2. The van der Waals surface area contributed by atoms with Crippen LogP contribution in [-0.2, 0) is 16.2 Å². The summed E-state index contributed by atoms with van der Waals surface area (Å²) in [6, 6.07) is 26.1. The summed E-state index contributed by atoms with van der Waals surface area (Å²) in [5, 5.41) is 27.9. The Morgan fingerprint density at radius 3 is 1.32 bits per heavy atom. The Balaban J connectivity index is 1.66. The van der Waals surface area contributed by atoms with Gasteiger partial charge in [0.15, 0.2) is 0 Å². The van der Waals surface area contributed by atoms with Gasteiger partial charge in [0.05, 0.1) is 5.22 Å². The molecular formula is C43H36N4. The minimum Gasteiger partial charge on any atom is -0.192 e. The minimum atomic E-state index is -0.310. The van der Waals surface area contributed by atoms with Crippen molar-refractivity contribution in [3.05, 3.63) is 159 Å². The summed E-state index contributed by atoms with van der Waals surface area (Å²) >= 11 is 0. The van der Waals surface area contributed by atoms with Gasteiger partial charge in [-0.2, -0.15) is 20.2 Å². The predicted molar refractivity (Wildman–Crippen MR) is 184 cm³/mol. The lowest BCUT2D eigenvalue weighted by Gasteiger charge is -2.41. The zero-order valence-electron chi connectivity index (χ0n) is 28.2. The van der Waals surface area contributed by atoms with Crippen LogP contribution in [0.5, 0.6) is 0 Å². The first-order valence-electron chi connectivity index (χ1n) is 16.3. The van der Waals surface area contributed by atoms with Crippen LogP contribution in [0, 0.1) is 79.0 Å². The second-order valence-electron chi connectivity index (χ2n) is 15.0. The van der Waals surface area contributed by atoms with Gasteiger partial charge in [-0.1, -0.05) is 85.7 Å². The number of nitriles is 2. The lowest BCUT2D eigenvalue weighted by atomic mass is 9.62. The molecule has 3 aliphatic carbocycles. The van der Waals surface area contributed by atoms with Crippen LogP contribution < -0.4 is 10.4 Å². The van der Waals surface area contributed by atoms with Crippen LogP contribution in [0.4, 0.5) is 0 Å². The average molecular weight is 609 g/mol. The Labute approximate surface area is 275 Å². The summed E-state index contributed by atoms with van der Waals surface area (Å²) in [6.45, 7) is 33.4. The maximum Gasteiger partial charge on any atom is 0.526 e. The van der Waals surface area contributed by atoms with Crippen molar-refractivity contribution in [1.82, 2.24) is 0 Å². The van der Waals surface area contributed by atoms with E-state index in [4.69, 9.17) is 13.1 Å². The van der Waals surface area contributed by atoms with Crippen molar-refractivity contribution in [2.75, 3.05) is 0 Å². The third-order valence-electron chi connectivity index (χ3n) is 11.6. The van der Waals surface area contributed by atoms with Crippen molar-refractivity contribution in [1.29, 1.82) is 10.5 Å². The zero-order chi connectivity index (χ0) is 33.8. The van der Waals surface area contributed by atoms with Crippen molar-refractivity contribution in [2.45, 2.75) is 71.6 Å². The second-order valence-corrected chi connectivity index (χ2v) is 15.0. The number of hydrogen-bond donors (Lipinski definition) is 0. The number of nitrogens with zero attached hydrogens (tertiary/aromatic N) is 4. The fourth-order valence-corrected chi connectivity index (χ4v) is 9.35. The molecule has 228 valence electrons. The molecule has 0 heterocycles. The van der Waals surface area contributed by atoms with Gasteiger partial charge in [0.1, 0.15) is 30.9 Å². The first kappa shape index (κ1) is 30.2. The molecule has 4 aromatic carbocycles. The van der Waals surface area contributed by atoms with Gasteiger partial charge < -0.3 is 0 Å². The monoisotopic (exact) mass is 608 g/mol. The molecule has 0 saturated heterocycles. The molecule has 0 amide bonds. The van der Waals surface area contributed by atoms with E-state index >= 15 is 0 Å². The summed E-state index contributed by atoms with van der Waals surface area (Å²) in [5.74, 6) is 0.751. The summed E-state index contributed by atoms with van der Waals surface area (Å²) in [7, 11) is 0. The fourth-order valence-electron chi connectivity index (χ4n) is 9.35. The molecule has 0 aromatic heterocycles. The number of rotatable bonds is 2. The fraction of sp³-hybridized carbons (Fsp3) is 0.302. The van der Waals surface area contributed by atoms with Crippen molar-refractivity contribution < 1.29 is 0 Å². The molecule has 0 spiro atoms. The molecular weight excluding hydrogens is 573 g/mol. The third kappa shape index (κ3) is 3.65. The highest BCUT2D eigenvalue weighted by Crippen LogP contribution is 2.53. The molecule has 0 bridgehead atoms. The Kier molecular flexibility index (Phi) is 6.30. The van der Waals surface area contributed by atoms with Crippen LogP contribution in [-0.4, -0.2) is 0 Å². The lowest BCUT2D eigenvalue weighted by Crippen LogP contribution is -2.38. The molecule has 7 rings (SSSR count). The summed E-state index contributed by atoms with van der Waals surface area (Å²) in [5.41, 5.74) is 6.89. The van der Waals surface area contributed by atoms with Gasteiger partial charge in [0, 0.05) is 21.5 Å². The first-order valence-corrected chi connectivity index (χ1v) is 16.3.